The topological polar surface area (TPSA) is 55.1 Å². The fraction of sp³-hybridized carbons (Fsp3) is 0.143. The Bertz CT molecular complexity index is 1090. The van der Waals surface area contributed by atoms with Crippen LogP contribution >= 0.6 is 11.6 Å². The van der Waals surface area contributed by atoms with E-state index in [0.717, 1.165) is 16.3 Å². The van der Waals surface area contributed by atoms with Crippen LogP contribution < -0.4 is 5.32 Å². The number of amides is 1. The van der Waals surface area contributed by atoms with Gasteiger partial charge in [0.2, 0.25) is 5.71 Å². The molecule has 2 heterocycles. The van der Waals surface area contributed by atoms with Gasteiger partial charge in [-0.05, 0) is 35.7 Å². The summed E-state index contributed by atoms with van der Waals surface area (Å²) < 4.78 is 5.65. The summed E-state index contributed by atoms with van der Waals surface area (Å²) in [7, 11) is 0. The highest BCUT2D eigenvalue weighted by atomic mass is 35.5. The smallest absolute Gasteiger partial charge is 0.287 e. The summed E-state index contributed by atoms with van der Waals surface area (Å²) in [6.07, 6.45) is 0. The lowest BCUT2D eigenvalue weighted by Gasteiger charge is -2.12. The average Bonchev–Trinajstić information content (AvgIpc) is 3.07. The third-order valence-electron chi connectivity index (χ3n) is 4.43. The second-order valence-electron chi connectivity index (χ2n) is 6.35. The number of carbonyl (C=O) groups is 1. The molecule has 0 saturated carbocycles. The van der Waals surface area contributed by atoms with Gasteiger partial charge in [0.25, 0.3) is 5.91 Å². The number of pyridine rings is 1. The number of hydrogen-bond acceptors (Lipinski definition) is 3. The Morgan fingerprint density at radius 1 is 1.12 bits per heavy atom. The van der Waals surface area contributed by atoms with E-state index in [1.165, 1.54) is 5.56 Å². The zero-order chi connectivity index (χ0) is 18.1. The molecule has 1 atom stereocenters. The second kappa shape index (κ2) is 6.81. The number of benzene rings is 2. The predicted molar refractivity (Wildman–Crippen MR) is 104 cm³/mol. The summed E-state index contributed by atoms with van der Waals surface area (Å²) in [5.74, 6) is 0.231. The first-order valence-corrected chi connectivity index (χ1v) is 8.81. The van der Waals surface area contributed by atoms with Gasteiger partial charge in [0.05, 0.1) is 5.52 Å². The standard InChI is InChI=1S/C21H17ClN2O2/c1-13(14-5-3-2-4-6-14)12-23-20(25)19-10-16-9-15-7-8-17(22)11-18(15)24-21(16)26-19/h2-11,13H,12H2,1H3,(H,23,25)/t13-/m0/s1. The first-order chi connectivity index (χ1) is 12.6. The molecule has 5 heteroatoms. The number of nitrogens with one attached hydrogen (secondary N) is 1. The maximum absolute atomic E-state index is 12.4. The van der Waals surface area contributed by atoms with E-state index in [0.29, 0.717) is 17.3 Å². The van der Waals surface area contributed by atoms with E-state index >= 15 is 0 Å². The zero-order valence-electron chi connectivity index (χ0n) is 14.2. The molecule has 0 saturated heterocycles. The maximum atomic E-state index is 12.4. The second-order valence-corrected chi connectivity index (χ2v) is 6.79. The molecule has 0 bridgehead atoms. The van der Waals surface area contributed by atoms with Crippen molar-refractivity contribution in [1.82, 2.24) is 10.3 Å². The Morgan fingerprint density at radius 2 is 1.92 bits per heavy atom. The minimum Gasteiger partial charge on any atom is -0.433 e. The number of nitrogens with zero attached hydrogens (tertiary/aromatic N) is 1. The minimum atomic E-state index is -0.243. The normalized spacial score (nSPS) is 12.4. The van der Waals surface area contributed by atoms with Crippen LogP contribution in [0.4, 0.5) is 0 Å². The van der Waals surface area contributed by atoms with Gasteiger partial charge in [0.1, 0.15) is 0 Å². The van der Waals surface area contributed by atoms with Crippen LogP contribution in [0.5, 0.6) is 0 Å². The molecular weight excluding hydrogens is 348 g/mol. The van der Waals surface area contributed by atoms with E-state index in [2.05, 4.69) is 29.4 Å². The zero-order valence-corrected chi connectivity index (χ0v) is 15.0. The van der Waals surface area contributed by atoms with Crippen molar-refractivity contribution in [2.75, 3.05) is 6.54 Å². The van der Waals surface area contributed by atoms with Crippen molar-refractivity contribution in [2.45, 2.75) is 12.8 Å². The van der Waals surface area contributed by atoms with Crippen LogP contribution in [0.2, 0.25) is 5.02 Å². The molecule has 26 heavy (non-hydrogen) atoms. The van der Waals surface area contributed by atoms with E-state index in [1.54, 1.807) is 12.1 Å². The van der Waals surface area contributed by atoms with Crippen molar-refractivity contribution in [2.24, 2.45) is 0 Å². The Balaban J connectivity index is 1.54. The fourth-order valence-electron chi connectivity index (χ4n) is 2.94. The Labute approximate surface area is 155 Å². The Hall–Kier alpha value is -2.85. The molecule has 1 amide bonds. The van der Waals surface area contributed by atoms with Gasteiger partial charge in [-0.1, -0.05) is 54.9 Å². The highest BCUT2D eigenvalue weighted by molar-refractivity contribution is 6.31. The quantitative estimate of drug-likeness (QED) is 0.543. The third kappa shape index (κ3) is 3.28. The molecule has 4 rings (SSSR count). The van der Waals surface area contributed by atoms with Crippen molar-refractivity contribution >= 4 is 39.5 Å². The predicted octanol–water partition coefficient (Wildman–Crippen LogP) is 5.17. The number of rotatable bonds is 4. The van der Waals surface area contributed by atoms with Gasteiger partial charge < -0.3 is 9.73 Å². The van der Waals surface area contributed by atoms with Gasteiger partial charge >= 0.3 is 0 Å². The molecule has 2 aromatic carbocycles. The van der Waals surface area contributed by atoms with Crippen LogP contribution in [0, 0.1) is 0 Å². The third-order valence-corrected chi connectivity index (χ3v) is 4.66. The van der Waals surface area contributed by atoms with Gasteiger partial charge in [-0.15, -0.1) is 0 Å². The lowest BCUT2D eigenvalue weighted by atomic mass is 10.0. The van der Waals surface area contributed by atoms with E-state index < -0.39 is 0 Å². The summed E-state index contributed by atoms with van der Waals surface area (Å²) in [5, 5.41) is 5.29. The molecule has 0 unspecified atom stereocenters. The van der Waals surface area contributed by atoms with Crippen LogP contribution in [0.15, 0.2) is 65.1 Å². The lowest BCUT2D eigenvalue weighted by Crippen LogP contribution is -2.27. The first kappa shape index (κ1) is 16.6. The molecule has 1 N–H and O–H groups in total. The van der Waals surface area contributed by atoms with Crippen LogP contribution in [0.3, 0.4) is 0 Å². The fourth-order valence-corrected chi connectivity index (χ4v) is 3.11. The van der Waals surface area contributed by atoms with Crippen LogP contribution in [-0.2, 0) is 0 Å². The van der Waals surface area contributed by atoms with Gasteiger partial charge in [-0.2, -0.15) is 0 Å². The largest absolute Gasteiger partial charge is 0.433 e. The summed E-state index contributed by atoms with van der Waals surface area (Å²) in [6.45, 7) is 2.61. The number of furan rings is 1. The molecule has 0 spiro atoms. The molecule has 0 aliphatic carbocycles. The summed E-state index contributed by atoms with van der Waals surface area (Å²) in [5.41, 5.74) is 2.35. The lowest BCUT2D eigenvalue weighted by molar-refractivity contribution is 0.0926. The van der Waals surface area contributed by atoms with E-state index in [4.69, 9.17) is 16.0 Å². The van der Waals surface area contributed by atoms with Crippen LogP contribution in [-0.4, -0.2) is 17.4 Å². The number of carbonyl (C=O) groups excluding carboxylic acids is 1. The molecule has 2 aromatic heterocycles. The highest BCUT2D eigenvalue weighted by Gasteiger charge is 2.15. The summed E-state index contributed by atoms with van der Waals surface area (Å²) >= 11 is 6.01. The van der Waals surface area contributed by atoms with Crippen molar-refractivity contribution in [3.8, 4) is 0 Å². The monoisotopic (exact) mass is 364 g/mol. The van der Waals surface area contributed by atoms with Crippen molar-refractivity contribution in [1.29, 1.82) is 0 Å². The van der Waals surface area contributed by atoms with E-state index in [9.17, 15) is 4.79 Å². The van der Waals surface area contributed by atoms with Crippen molar-refractivity contribution < 1.29 is 9.21 Å². The Kier molecular flexibility index (Phi) is 4.35. The molecule has 0 aliphatic rings. The Morgan fingerprint density at radius 3 is 2.73 bits per heavy atom. The number of fused-ring (bicyclic) bond motifs is 2. The molecular formula is C21H17ClN2O2. The van der Waals surface area contributed by atoms with Crippen molar-refractivity contribution in [3.63, 3.8) is 0 Å². The molecule has 0 aliphatic heterocycles. The van der Waals surface area contributed by atoms with Gasteiger partial charge in [0.15, 0.2) is 5.76 Å². The highest BCUT2D eigenvalue weighted by Crippen LogP contribution is 2.25. The average molecular weight is 365 g/mol. The minimum absolute atomic E-state index is 0.215. The number of hydrogen-bond donors (Lipinski definition) is 1. The van der Waals surface area contributed by atoms with Crippen LogP contribution in [0.25, 0.3) is 22.0 Å². The number of aromatic nitrogens is 1. The molecule has 0 fully saturated rings. The summed E-state index contributed by atoms with van der Waals surface area (Å²) in [6, 6.07) is 19.2. The van der Waals surface area contributed by atoms with Gasteiger partial charge in [-0.25, -0.2) is 4.98 Å². The number of halogens is 1. The summed E-state index contributed by atoms with van der Waals surface area (Å²) in [4.78, 5) is 16.9. The van der Waals surface area contributed by atoms with Crippen LogP contribution in [0.1, 0.15) is 29.0 Å². The van der Waals surface area contributed by atoms with Crippen molar-refractivity contribution in [3.05, 3.63) is 77.0 Å². The molecule has 4 aromatic rings. The van der Waals surface area contributed by atoms with Gasteiger partial charge in [0, 0.05) is 22.3 Å². The van der Waals surface area contributed by atoms with E-state index in [1.807, 2.05) is 36.4 Å². The molecule has 4 nitrogen and oxygen atoms in total. The van der Waals surface area contributed by atoms with E-state index in [-0.39, 0.29) is 17.6 Å². The molecule has 130 valence electrons. The molecule has 0 radical (unpaired) electrons. The first-order valence-electron chi connectivity index (χ1n) is 8.43. The maximum Gasteiger partial charge on any atom is 0.287 e. The van der Waals surface area contributed by atoms with Gasteiger partial charge in [-0.3, -0.25) is 4.79 Å². The SMILES string of the molecule is C[C@@H](CNC(=O)c1cc2cc3ccc(Cl)cc3nc2o1)c1ccccc1.